The van der Waals surface area contributed by atoms with Crippen LogP contribution in [0.15, 0.2) is 18.7 Å². The monoisotopic (exact) mass is 344 g/mol. The Bertz CT molecular complexity index is 310. The molecule has 0 spiro atoms. The summed E-state index contributed by atoms with van der Waals surface area (Å²) in [4.78, 5) is 0. The second kappa shape index (κ2) is 13.7. The smallest absolute Gasteiger partial charge is 0.243 e. The molecule has 0 fully saturated rings. The van der Waals surface area contributed by atoms with Crippen LogP contribution in [0.3, 0.4) is 0 Å². The molecular weight excluding hydrogens is 312 g/mol. The van der Waals surface area contributed by atoms with Crippen LogP contribution >= 0.6 is 0 Å². The molecule has 0 aliphatic rings. The van der Waals surface area contributed by atoms with E-state index in [-0.39, 0.29) is 17.0 Å². The van der Waals surface area contributed by atoms with E-state index >= 15 is 0 Å². The van der Waals surface area contributed by atoms with Crippen molar-refractivity contribution in [1.29, 1.82) is 0 Å². The summed E-state index contributed by atoms with van der Waals surface area (Å²) in [5, 5.41) is 0. The maximum Gasteiger partial charge on any atom is 0.243 e. The van der Waals surface area contributed by atoms with Crippen LogP contribution in [0.2, 0.25) is 0 Å². The van der Waals surface area contributed by atoms with E-state index in [1.165, 1.54) is 77.3 Å². The average molecular weight is 345 g/mol. The lowest BCUT2D eigenvalue weighted by atomic mass is 10.1. The normalized spacial score (nSPS) is 10.5. The Balaban J connectivity index is 0.00000361. The molecule has 0 aliphatic heterocycles. The number of aromatic nitrogens is 2. The van der Waals surface area contributed by atoms with Crippen molar-refractivity contribution < 1.29 is 21.5 Å². The lowest BCUT2D eigenvalue weighted by Gasteiger charge is -2.00. The summed E-state index contributed by atoms with van der Waals surface area (Å²) in [5.74, 6) is 0. The highest BCUT2D eigenvalue weighted by Crippen LogP contribution is 2.08. The number of imidazole rings is 1. The first-order valence-electron chi connectivity index (χ1n) is 8.41. The minimum absolute atomic E-state index is 0. The predicted molar refractivity (Wildman–Crippen MR) is 82.1 cm³/mol. The fourth-order valence-corrected chi connectivity index (χ4v) is 2.47. The van der Waals surface area contributed by atoms with E-state index in [9.17, 15) is 0 Å². The van der Waals surface area contributed by atoms with Gasteiger partial charge in [0.15, 0.2) is 0 Å². The molecule has 0 radical (unpaired) electrons. The Morgan fingerprint density at radius 1 is 0.800 bits per heavy atom. The first kappa shape index (κ1) is 19.7. The van der Waals surface area contributed by atoms with Crippen LogP contribution in [0.1, 0.15) is 78.1 Å². The Morgan fingerprint density at radius 2 is 1.40 bits per heavy atom. The highest BCUT2D eigenvalue weighted by Gasteiger charge is 2.02. The van der Waals surface area contributed by atoms with Gasteiger partial charge in [0.2, 0.25) is 6.33 Å². The Kier molecular flexibility index (Phi) is 13.5. The highest BCUT2D eigenvalue weighted by molar-refractivity contribution is 4.65. The van der Waals surface area contributed by atoms with E-state index in [4.69, 9.17) is 0 Å². The summed E-state index contributed by atoms with van der Waals surface area (Å²) in [5.41, 5.74) is 0. The second-order valence-electron chi connectivity index (χ2n) is 5.72. The number of nitrogens with zero attached hydrogens (tertiary/aromatic N) is 2. The molecular formula is C17H33BrN2. The fraction of sp³-hybridized carbons (Fsp3) is 0.824. The highest BCUT2D eigenvalue weighted by atomic mass is 79.9. The molecule has 1 aromatic heterocycles. The molecule has 0 aromatic carbocycles. The average Bonchev–Trinajstić information content (AvgIpc) is 2.87. The number of hydrogen-bond donors (Lipinski definition) is 0. The summed E-state index contributed by atoms with van der Waals surface area (Å²) in [7, 11) is 0. The molecule has 0 bridgehead atoms. The van der Waals surface area contributed by atoms with E-state index in [2.05, 4.69) is 41.7 Å². The summed E-state index contributed by atoms with van der Waals surface area (Å²) in [6.45, 7) is 6.89. The van der Waals surface area contributed by atoms with Gasteiger partial charge in [0.25, 0.3) is 0 Å². The summed E-state index contributed by atoms with van der Waals surface area (Å²) in [6, 6.07) is 0. The zero-order valence-electron chi connectivity index (χ0n) is 13.5. The van der Waals surface area contributed by atoms with Crippen molar-refractivity contribution in [1.82, 2.24) is 4.57 Å². The molecule has 20 heavy (non-hydrogen) atoms. The number of unbranched alkanes of at least 4 members (excludes halogenated alkanes) is 8. The summed E-state index contributed by atoms with van der Waals surface area (Å²) in [6.07, 6.45) is 20.5. The molecule has 1 aromatic rings. The fourth-order valence-electron chi connectivity index (χ4n) is 2.47. The summed E-state index contributed by atoms with van der Waals surface area (Å²) < 4.78 is 4.65. The topological polar surface area (TPSA) is 8.81 Å². The quantitative estimate of drug-likeness (QED) is 0.403. The van der Waals surface area contributed by atoms with Crippen LogP contribution in [0.5, 0.6) is 0 Å². The van der Waals surface area contributed by atoms with Crippen molar-refractivity contribution in [3.8, 4) is 0 Å². The zero-order chi connectivity index (χ0) is 13.8. The van der Waals surface area contributed by atoms with E-state index < -0.39 is 0 Å². The predicted octanol–water partition coefficient (Wildman–Crippen LogP) is 1.72. The van der Waals surface area contributed by atoms with Gasteiger partial charge < -0.3 is 17.0 Å². The van der Waals surface area contributed by atoms with Crippen LogP contribution in [-0.4, -0.2) is 4.57 Å². The van der Waals surface area contributed by atoms with Gasteiger partial charge in [-0.1, -0.05) is 58.8 Å². The van der Waals surface area contributed by atoms with Crippen LogP contribution in [0.25, 0.3) is 0 Å². The molecule has 0 atom stereocenters. The van der Waals surface area contributed by atoms with Crippen molar-refractivity contribution in [2.45, 2.75) is 91.1 Å². The maximum absolute atomic E-state index is 2.34. The van der Waals surface area contributed by atoms with Gasteiger partial charge in [-0.2, -0.15) is 0 Å². The Labute approximate surface area is 136 Å². The van der Waals surface area contributed by atoms with Crippen molar-refractivity contribution >= 4 is 0 Å². The number of aryl methyl sites for hydroxylation is 2. The first-order chi connectivity index (χ1) is 9.36. The molecule has 0 saturated carbocycles. The minimum atomic E-state index is 0. The van der Waals surface area contributed by atoms with Crippen LogP contribution in [0.4, 0.5) is 0 Å². The van der Waals surface area contributed by atoms with Crippen LogP contribution in [-0.2, 0) is 13.1 Å². The summed E-state index contributed by atoms with van der Waals surface area (Å²) >= 11 is 0. The molecule has 0 N–H and O–H groups in total. The van der Waals surface area contributed by atoms with E-state index in [0.717, 1.165) is 0 Å². The van der Waals surface area contributed by atoms with Gasteiger partial charge in [0.05, 0.1) is 13.1 Å². The third-order valence-corrected chi connectivity index (χ3v) is 3.79. The lowest BCUT2D eigenvalue weighted by molar-refractivity contribution is -0.696. The first-order valence-corrected chi connectivity index (χ1v) is 8.41. The van der Waals surface area contributed by atoms with Crippen molar-refractivity contribution in [2.75, 3.05) is 0 Å². The molecule has 3 heteroatoms. The van der Waals surface area contributed by atoms with Gasteiger partial charge in [0.1, 0.15) is 12.4 Å². The molecule has 0 aliphatic carbocycles. The van der Waals surface area contributed by atoms with Gasteiger partial charge in [0, 0.05) is 0 Å². The maximum atomic E-state index is 2.34. The van der Waals surface area contributed by atoms with E-state index in [1.807, 2.05) is 0 Å². The molecule has 0 saturated heterocycles. The van der Waals surface area contributed by atoms with E-state index in [0.29, 0.717) is 0 Å². The van der Waals surface area contributed by atoms with Gasteiger partial charge in [-0.25, -0.2) is 9.13 Å². The third-order valence-electron chi connectivity index (χ3n) is 3.79. The molecule has 1 heterocycles. The lowest BCUT2D eigenvalue weighted by Crippen LogP contribution is -3.00. The Hall–Kier alpha value is -0.310. The molecule has 2 nitrogen and oxygen atoms in total. The van der Waals surface area contributed by atoms with Crippen LogP contribution < -0.4 is 21.5 Å². The van der Waals surface area contributed by atoms with Crippen molar-refractivity contribution in [2.24, 2.45) is 0 Å². The van der Waals surface area contributed by atoms with E-state index in [1.54, 1.807) is 0 Å². The van der Waals surface area contributed by atoms with Crippen LogP contribution in [0, 0.1) is 0 Å². The van der Waals surface area contributed by atoms with Gasteiger partial charge in [-0.05, 0) is 19.3 Å². The molecule has 0 amide bonds. The molecule has 0 unspecified atom stereocenters. The van der Waals surface area contributed by atoms with Gasteiger partial charge >= 0.3 is 0 Å². The number of halogens is 1. The standard InChI is InChI=1S/C17H33N2.BrH/c1-3-5-7-8-9-10-11-12-14-19-16-15-18(17-19)13-6-4-2;/h15-17H,3-14H2,1-2H3;1H/q+1;/p-1. The largest absolute Gasteiger partial charge is 1.00 e. The van der Waals surface area contributed by atoms with Crippen molar-refractivity contribution in [3.63, 3.8) is 0 Å². The van der Waals surface area contributed by atoms with Gasteiger partial charge in [-0.3, -0.25) is 0 Å². The van der Waals surface area contributed by atoms with Gasteiger partial charge in [-0.15, -0.1) is 0 Å². The second-order valence-corrected chi connectivity index (χ2v) is 5.72. The van der Waals surface area contributed by atoms with Crippen molar-refractivity contribution in [3.05, 3.63) is 18.7 Å². The minimum Gasteiger partial charge on any atom is -1.00 e. The number of rotatable bonds is 12. The Morgan fingerprint density at radius 3 is 2.05 bits per heavy atom. The molecule has 118 valence electrons. The third kappa shape index (κ3) is 9.57. The zero-order valence-corrected chi connectivity index (χ0v) is 15.1. The number of hydrogen-bond acceptors (Lipinski definition) is 0. The molecule has 1 rings (SSSR count). The SMILES string of the molecule is CCCCCCCCCC[n+]1ccn(CCCC)c1.[Br-].